The Hall–Kier alpha value is -0.130. The van der Waals surface area contributed by atoms with Gasteiger partial charge in [-0.1, -0.05) is 20.8 Å². The van der Waals surface area contributed by atoms with Crippen LogP contribution in [-0.2, 0) is 14.8 Å². The van der Waals surface area contributed by atoms with Crippen LogP contribution >= 0.6 is 0 Å². The van der Waals surface area contributed by atoms with Gasteiger partial charge in [0.2, 0.25) is 10.0 Å². The average molecular weight is 305 g/mol. The molecule has 5 heteroatoms. The van der Waals surface area contributed by atoms with Crippen molar-refractivity contribution in [1.29, 1.82) is 0 Å². The Morgan fingerprint density at radius 1 is 1.10 bits per heavy atom. The van der Waals surface area contributed by atoms with Crippen molar-refractivity contribution < 1.29 is 13.2 Å². The molecule has 1 N–H and O–H groups in total. The largest absolute Gasteiger partial charge is 0.381 e. The van der Waals surface area contributed by atoms with Crippen LogP contribution in [0.15, 0.2) is 0 Å². The van der Waals surface area contributed by atoms with Gasteiger partial charge < -0.3 is 4.74 Å². The lowest BCUT2D eigenvalue weighted by molar-refractivity contribution is 0.0675. The summed E-state index contributed by atoms with van der Waals surface area (Å²) < 4.78 is 32.2. The highest BCUT2D eigenvalue weighted by Gasteiger charge is 2.47. The van der Waals surface area contributed by atoms with Crippen LogP contribution in [0.1, 0.15) is 67.2 Å². The molecular weight excluding hydrogens is 274 g/mol. The van der Waals surface area contributed by atoms with Gasteiger partial charge in [0, 0.05) is 12.1 Å². The number of sulfonamides is 1. The van der Waals surface area contributed by atoms with E-state index < -0.39 is 14.8 Å². The van der Waals surface area contributed by atoms with Gasteiger partial charge >= 0.3 is 0 Å². The molecule has 20 heavy (non-hydrogen) atoms. The second kappa shape index (κ2) is 5.93. The molecule has 120 valence electrons. The van der Waals surface area contributed by atoms with Crippen molar-refractivity contribution in [3.05, 3.63) is 0 Å². The first kappa shape index (κ1) is 17.9. The Morgan fingerprint density at radius 2 is 1.65 bits per heavy atom. The standard InChI is InChI=1S/C15H31NO3S/c1-13(2,3)12-19-11-7-8-15(9-10-15)16-20(17,18)14(4,5)6/h16H,7-12H2,1-6H3. The molecule has 0 amide bonds. The lowest BCUT2D eigenvalue weighted by Gasteiger charge is -2.25. The summed E-state index contributed by atoms with van der Waals surface area (Å²) in [6, 6.07) is 0. The van der Waals surface area contributed by atoms with Crippen molar-refractivity contribution in [1.82, 2.24) is 4.72 Å². The Kier molecular flexibility index (Phi) is 5.32. The molecule has 0 spiro atoms. The summed E-state index contributed by atoms with van der Waals surface area (Å²) >= 11 is 0. The molecular formula is C15H31NO3S. The van der Waals surface area contributed by atoms with Gasteiger partial charge in [-0.3, -0.25) is 0 Å². The third-order valence-electron chi connectivity index (χ3n) is 3.49. The van der Waals surface area contributed by atoms with Crippen LogP contribution in [0.3, 0.4) is 0 Å². The zero-order valence-corrected chi connectivity index (χ0v) is 14.7. The summed E-state index contributed by atoms with van der Waals surface area (Å²) in [5.41, 5.74) is -0.0116. The fourth-order valence-corrected chi connectivity index (χ4v) is 3.07. The number of hydrogen-bond donors (Lipinski definition) is 1. The van der Waals surface area contributed by atoms with E-state index in [-0.39, 0.29) is 11.0 Å². The smallest absolute Gasteiger partial charge is 0.217 e. The van der Waals surface area contributed by atoms with Crippen molar-refractivity contribution in [2.45, 2.75) is 77.5 Å². The maximum Gasteiger partial charge on any atom is 0.217 e. The topological polar surface area (TPSA) is 55.4 Å². The molecule has 0 aliphatic heterocycles. The van der Waals surface area contributed by atoms with Gasteiger partial charge in [0.25, 0.3) is 0 Å². The minimum atomic E-state index is -3.25. The lowest BCUT2D eigenvalue weighted by Crippen LogP contribution is -2.46. The van der Waals surface area contributed by atoms with Crippen LogP contribution in [0.5, 0.6) is 0 Å². The van der Waals surface area contributed by atoms with E-state index in [2.05, 4.69) is 25.5 Å². The Labute approximate surface area is 124 Å². The van der Waals surface area contributed by atoms with Crippen LogP contribution in [0.25, 0.3) is 0 Å². The normalized spacial score (nSPS) is 19.1. The van der Waals surface area contributed by atoms with Gasteiger partial charge in [-0.2, -0.15) is 0 Å². The van der Waals surface area contributed by atoms with Gasteiger partial charge in [-0.15, -0.1) is 0 Å². The summed E-state index contributed by atoms with van der Waals surface area (Å²) in [5, 5.41) is 0. The highest BCUT2D eigenvalue weighted by Crippen LogP contribution is 2.41. The molecule has 1 saturated carbocycles. The zero-order valence-electron chi connectivity index (χ0n) is 13.9. The summed E-state index contributed by atoms with van der Waals surface area (Å²) in [4.78, 5) is 0. The first-order valence-corrected chi connectivity index (χ1v) is 8.97. The Morgan fingerprint density at radius 3 is 2.05 bits per heavy atom. The van der Waals surface area contributed by atoms with Crippen LogP contribution in [0.2, 0.25) is 0 Å². The fraction of sp³-hybridized carbons (Fsp3) is 1.00. The van der Waals surface area contributed by atoms with Crippen molar-refractivity contribution in [3.63, 3.8) is 0 Å². The third-order valence-corrected chi connectivity index (χ3v) is 5.80. The Balaban J connectivity index is 2.34. The van der Waals surface area contributed by atoms with Crippen molar-refractivity contribution in [2.24, 2.45) is 5.41 Å². The molecule has 0 aromatic heterocycles. The van der Waals surface area contributed by atoms with Crippen molar-refractivity contribution >= 4 is 10.0 Å². The molecule has 0 unspecified atom stereocenters. The SMILES string of the molecule is CC(C)(C)COCCCC1(NS(=O)(=O)C(C)(C)C)CC1. The molecule has 1 aliphatic carbocycles. The molecule has 1 aliphatic rings. The third kappa shape index (κ3) is 5.70. The molecule has 0 saturated heterocycles. The first-order valence-electron chi connectivity index (χ1n) is 7.48. The molecule has 0 aromatic carbocycles. The maximum atomic E-state index is 12.2. The molecule has 1 rings (SSSR count). The number of hydrogen-bond acceptors (Lipinski definition) is 3. The number of nitrogens with one attached hydrogen (secondary N) is 1. The summed E-state index contributed by atoms with van der Waals surface area (Å²) in [7, 11) is -3.25. The molecule has 0 heterocycles. The quantitative estimate of drug-likeness (QED) is 0.735. The van der Waals surface area contributed by atoms with Gasteiger partial charge in [0.15, 0.2) is 0 Å². The van der Waals surface area contributed by atoms with Crippen LogP contribution in [0.4, 0.5) is 0 Å². The van der Waals surface area contributed by atoms with Crippen molar-refractivity contribution in [3.8, 4) is 0 Å². The summed E-state index contributed by atoms with van der Waals surface area (Å²) in [6.07, 6.45) is 3.67. The van der Waals surface area contributed by atoms with E-state index in [0.717, 1.165) is 32.3 Å². The molecule has 0 bridgehead atoms. The zero-order chi connectivity index (χ0) is 15.7. The van der Waals surface area contributed by atoms with Crippen LogP contribution in [0, 0.1) is 5.41 Å². The van der Waals surface area contributed by atoms with Gasteiger partial charge in [-0.05, 0) is 51.9 Å². The first-order chi connectivity index (χ1) is 8.87. The van der Waals surface area contributed by atoms with E-state index in [1.54, 1.807) is 20.8 Å². The minimum Gasteiger partial charge on any atom is -0.381 e. The average Bonchev–Trinajstić information content (AvgIpc) is 2.93. The second-order valence-corrected chi connectivity index (χ2v) is 10.7. The van der Waals surface area contributed by atoms with E-state index in [9.17, 15) is 8.42 Å². The molecule has 0 atom stereocenters. The summed E-state index contributed by atoms with van der Waals surface area (Å²) in [5.74, 6) is 0. The van der Waals surface area contributed by atoms with Gasteiger partial charge in [0.1, 0.15) is 0 Å². The predicted molar refractivity (Wildman–Crippen MR) is 83.3 cm³/mol. The van der Waals surface area contributed by atoms with E-state index in [0.29, 0.717) is 6.61 Å². The highest BCUT2D eigenvalue weighted by atomic mass is 32.2. The van der Waals surface area contributed by atoms with Crippen LogP contribution < -0.4 is 4.72 Å². The van der Waals surface area contributed by atoms with E-state index >= 15 is 0 Å². The van der Waals surface area contributed by atoms with Crippen LogP contribution in [-0.4, -0.2) is 31.9 Å². The monoisotopic (exact) mass is 305 g/mol. The molecule has 1 fully saturated rings. The van der Waals surface area contributed by atoms with Gasteiger partial charge in [0.05, 0.1) is 11.4 Å². The van der Waals surface area contributed by atoms with E-state index in [1.165, 1.54) is 0 Å². The summed E-state index contributed by atoms with van der Waals surface area (Å²) in [6.45, 7) is 13.1. The molecule has 0 aromatic rings. The van der Waals surface area contributed by atoms with Crippen molar-refractivity contribution in [2.75, 3.05) is 13.2 Å². The molecule has 0 radical (unpaired) electrons. The second-order valence-electron chi connectivity index (χ2n) is 8.22. The Bertz CT molecular complexity index is 411. The van der Waals surface area contributed by atoms with Gasteiger partial charge in [-0.25, -0.2) is 13.1 Å². The highest BCUT2D eigenvalue weighted by molar-refractivity contribution is 7.90. The predicted octanol–water partition coefficient (Wildman–Crippen LogP) is 3.08. The maximum absolute atomic E-state index is 12.2. The molecule has 4 nitrogen and oxygen atoms in total. The van der Waals surface area contributed by atoms with E-state index in [1.807, 2.05) is 0 Å². The lowest BCUT2D eigenvalue weighted by atomic mass is 9.99. The minimum absolute atomic E-state index is 0.186. The van der Waals surface area contributed by atoms with E-state index in [4.69, 9.17) is 4.74 Å². The fourth-order valence-electron chi connectivity index (χ4n) is 1.88. The number of ether oxygens (including phenoxy) is 1. The number of rotatable bonds is 7.